The summed E-state index contributed by atoms with van der Waals surface area (Å²) in [5.41, 5.74) is 3.00. The van der Waals surface area contributed by atoms with Gasteiger partial charge in [-0.25, -0.2) is 4.79 Å². The van der Waals surface area contributed by atoms with Gasteiger partial charge in [-0.2, -0.15) is 0 Å². The van der Waals surface area contributed by atoms with Gasteiger partial charge >= 0.3 is 5.97 Å². The second kappa shape index (κ2) is 5.29. The Labute approximate surface area is 141 Å². The van der Waals surface area contributed by atoms with Gasteiger partial charge in [-0.3, -0.25) is 10.1 Å². The molecule has 0 bridgehead atoms. The molecule has 2 aliphatic heterocycles. The van der Waals surface area contributed by atoms with Crippen molar-refractivity contribution in [1.82, 2.24) is 10.6 Å². The summed E-state index contributed by atoms with van der Waals surface area (Å²) < 4.78 is 5.02. The van der Waals surface area contributed by atoms with Crippen LogP contribution >= 0.6 is 23.6 Å². The number of amides is 1. The molecule has 1 aromatic carbocycles. The number of benzene rings is 1. The molecule has 1 fully saturated rings. The summed E-state index contributed by atoms with van der Waals surface area (Å²) in [6.07, 6.45) is 1.77. The second-order valence-corrected chi connectivity index (χ2v) is 6.64. The first-order valence-corrected chi connectivity index (χ1v) is 8.07. The molecule has 114 valence electrons. The smallest absolute Gasteiger partial charge is 0.338 e. The van der Waals surface area contributed by atoms with Crippen molar-refractivity contribution in [1.29, 1.82) is 0 Å². The Morgan fingerprint density at radius 2 is 2.04 bits per heavy atom. The van der Waals surface area contributed by atoms with Gasteiger partial charge in [0.05, 0.1) is 5.56 Å². The van der Waals surface area contributed by atoms with E-state index in [1.807, 2.05) is 24.3 Å². The normalized spacial score (nSPS) is 17.9. The Morgan fingerprint density at radius 1 is 1.17 bits per heavy atom. The van der Waals surface area contributed by atoms with Gasteiger partial charge in [0.2, 0.25) is 0 Å². The minimum absolute atomic E-state index is 0.224. The van der Waals surface area contributed by atoms with Gasteiger partial charge in [0.1, 0.15) is 12.3 Å². The molecule has 0 aliphatic carbocycles. The van der Waals surface area contributed by atoms with Gasteiger partial charge in [0.15, 0.2) is 5.11 Å². The van der Waals surface area contributed by atoms with Gasteiger partial charge in [0, 0.05) is 15.3 Å². The largest absolute Gasteiger partial charge is 0.457 e. The fraction of sp³-hybridized carbons (Fsp3) is 0.0625. The van der Waals surface area contributed by atoms with Gasteiger partial charge in [-0.05, 0) is 48.1 Å². The second-order valence-electron chi connectivity index (χ2n) is 5.12. The highest BCUT2D eigenvalue weighted by molar-refractivity contribution is 7.80. The summed E-state index contributed by atoms with van der Waals surface area (Å²) >= 11 is 6.46. The summed E-state index contributed by atoms with van der Waals surface area (Å²) in [7, 11) is 0. The van der Waals surface area contributed by atoms with E-state index in [2.05, 4.69) is 10.6 Å². The summed E-state index contributed by atoms with van der Waals surface area (Å²) in [5.74, 6) is -0.490. The number of ether oxygens (including phenoxy) is 1. The number of hydrogen-bond acceptors (Lipinski definition) is 5. The van der Waals surface area contributed by atoms with E-state index in [1.54, 1.807) is 23.5 Å². The van der Waals surface area contributed by atoms with E-state index in [0.29, 0.717) is 23.0 Å². The SMILES string of the molecule is O=C1NC(=S)N/C1=C\c1ccc(-c2ccc3c(c2)COC3=O)s1. The lowest BCUT2D eigenvalue weighted by Crippen LogP contribution is -2.21. The van der Waals surface area contributed by atoms with Crippen LogP contribution in [0.3, 0.4) is 0 Å². The highest BCUT2D eigenvalue weighted by Crippen LogP contribution is 2.32. The van der Waals surface area contributed by atoms with Crippen LogP contribution in [0.4, 0.5) is 0 Å². The van der Waals surface area contributed by atoms with Crippen LogP contribution in [0.5, 0.6) is 0 Å². The van der Waals surface area contributed by atoms with Crippen molar-refractivity contribution in [3.63, 3.8) is 0 Å². The summed E-state index contributed by atoms with van der Waals surface area (Å²) in [4.78, 5) is 25.1. The van der Waals surface area contributed by atoms with Crippen molar-refractivity contribution in [3.05, 3.63) is 52.0 Å². The molecule has 0 spiro atoms. The summed E-state index contributed by atoms with van der Waals surface area (Å²) in [6.45, 7) is 0.325. The molecule has 0 unspecified atom stereocenters. The maximum atomic E-state index is 11.7. The number of thiocarbonyl (C=S) groups is 1. The third kappa shape index (κ3) is 2.54. The molecule has 1 amide bonds. The maximum Gasteiger partial charge on any atom is 0.338 e. The molecule has 0 saturated carbocycles. The van der Waals surface area contributed by atoms with Crippen molar-refractivity contribution >= 4 is 46.6 Å². The number of carbonyl (C=O) groups excluding carboxylic acids is 2. The lowest BCUT2D eigenvalue weighted by Gasteiger charge is -1.99. The van der Waals surface area contributed by atoms with Crippen molar-refractivity contribution in [2.45, 2.75) is 6.61 Å². The highest BCUT2D eigenvalue weighted by Gasteiger charge is 2.22. The predicted octanol–water partition coefficient (Wildman–Crippen LogP) is 2.43. The Kier molecular flexibility index (Phi) is 3.24. The fourth-order valence-corrected chi connectivity index (χ4v) is 3.65. The molecule has 0 atom stereocenters. The number of fused-ring (bicyclic) bond motifs is 1. The van der Waals surface area contributed by atoms with E-state index in [1.165, 1.54) is 0 Å². The van der Waals surface area contributed by atoms with E-state index in [-0.39, 0.29) is 11.9 Å². The van der Waals surface area contributed by atoms with E-state index < -0.39 is 0 Å². The molecule has 1 aromatic heterocycles. The van der Waals surface area contributed by atoms with Crippen LogP contribution < -0.4 is 10.6 Å². The molecular weight excluding hydrogens is 332 g/mol. The van der Waals surface area contributed by atoms with Crippen LogP contribution in [0, 0.1) is 0 Å². The number of carbonyl (C=O) groups is 2. The van der Waals surface area contributed by atoms with Crippen molar-refractivity contribution < 1.29 is 14.3 Å². The Balaban J connectivity index is 1.64. The Bertz CT molecular complexity index is 898. The fourth-order valence-electron chi connectivity index (χ4n) is 2.50. The van der Waals surface area contributed by atoms with Crippen LogP contribution in [0.2, 0.25) is 0 Å². The van der Waals surface area contributed by atoms with E-state index in [4.69, 9.17) is 17.0 Å². The van der Waals surface area contributed by atoms with Crippen LogP contribution in [-0.4, -0.2) is 17.0 Å². The maximum absolute atomic E-state index is 11.7. The van der Waals surface area contributed by atoms with E-state index in [0.717, 1.165) is 20.9 Å². The lowest BCUT2D eigenvalue weighted by atomic mass is 10.1. The van der Waals surface area contributed by atoms with E-state index >= 15 is 0 Å². The number of rotatable bonds is 2. The zero-order valence-corrected chi connectivity index (χ0v) is 13.3. The molecular formula is C16H10N2O3S2. The van der Waals surface area contributed by atoms with Crippen LogP contribution in [0.25, 0.3) is 16.5 Å². The average molecular weight is 342 g/mol. The van der Waals surface area contributed by atoms with Gasteiger partial charge < -0.3 is 10.1 Å². The Morgan fingerprint density at radius 3 is 2.83 bits per heavy atom. The molecule has 2 N–H and O–H groups in total. The van der Waals surface area contributed by atoms with Crippen LogP contribution in [-0.2, 0) is 16.1 Å². The monoisotopic (exact) mass is 342 g/mol. The standard InChI is InChI=1S/C16H10N2O3S2/c19-14-12(17-16(22)18-14)6-10-2-4-13(23-10)8-1-3-11-9(5-8)7-21-15(11)20/h1-6H,7H2,(H2,17,18,19,22)/b12-6-. The average Bonchev–Trinajstić information content (AvgIpc) is 3.21. The zero-order chi connectivity index (χ0) is 16.0. The zero-order valence-electron chi connectivity index (χ0n) is 11.7. The number of hydrogen-bond donors (Lipinski definition) is 2. The van der Waals surface area contributed by atoms with Crippen LogP contribution in [0.1, 0.15) is 20.8 Å². The van der Waals surface area contributed by atoms with Crippen LogP contribution in [0.15, 0.2) is 36.0 Å². The first-order chi connectivity index (χ1) is 11.1. The van der Waals surface area contributed by atoms with Crippen molar-refractivity contribution in [3.8, 4) is 10.4 Å². The third-order valence-electron chi connectivity index (χ3n) is 3.60. The third-order valence-corrected chi connectivity index (χ3v) is 4.89. The van der Waals surface area contributed by atoms with Gasteiger partial charge in [-0.1, -0.05) is 6.07 Å². The molecule has 2 aromatic rings. The summed E-state index contributed by atoms with van der Waals surface area (Å²) in [5, 5.41) is 5.68. The molecule has 4 rings (SSSR count). The number of cyclic esters (lactones) is 1. The predicted molar refractivity (Wildman–Crippen MR) is 90.7 cm³/mol. The number of esters is 1. The quantitative estimate of drug-likeness (QED) is 0.498. The lowest BCUT2D eigenvalue weighted by molar-refractivity contribution is -0.115. The van der Waals surface area contributed by atoms with Gasteiger partial charge in [0.25, 0.3) is 5.91 Å². The topological polar surface area (TPSA) is 67.4 Å². The molecule has 2 aliphatic rings. The van der Waals surface area contributed by atoms with Gasteiger partial charge in [-0.15, -0.1) is 11.3 Å². The molecule has 23 heavy (non-hydrogen) atoms. The highest BCUT2D eigenvalue weighted by atomic mass is 32.1. The first kappa shape index (κ1) is 14.1. The molecule has 0 radical (unpaired) electrons. The molecule has 5 nitrogen and oxygen atoms in total. The molecule has 7 heteroatoms. The van der Waals surface area contributed by atoms with Crippen molar-refractivity contribution in [2.24, 2.45) is 0 Å². The Hall–Kier alpha value is -2.51. The minimum Gasteiger partial charge on any atom is -0.457 e. The first-order valence-electron chi connectivity index (χ1n) is 6.84. The molecule has 3 heterocycles. The van der Waals surface area contributed by atoms with Crippen molar-refractivity contribution in [2.75, 3.05) is 0 Å². The molecule has 1 saturated heterocycles. The minimum atomic E-state index is -0.266. The van der Waals surface area contributed by atoms with E-state index in [9.17, 15) is 9.59 Å². The number of thiophene rings is 1. The number of nitrogens with one attached hydrogen (secondary N) is 2. The summed E-state index contributed by atoms with van der Waals surface area (Å²) in [6, 6.07) is 9.60.